The molecule has 0 aromatic heterocycles. The van der Waals surface area contributed by atoms with Crippen LogP contribution in [0.25, 0.3) is 0 Å². The van der Waals surface area contributed by atoms with Crippen LogP contribution < -0.4 is 9.47 Å². The topological polar surface area (TPSA) is 34.1 Å². The van der Waals surface area contributed by atoms with E-state index in [9.17, 15) is 0 Å². The van der Waals surface area contributed by atoms with E-state index in [2.05, 4.69) is 5.10 Å². The molecule has 1 rings (SSSR count). The molecule has 4 nitrogen and oxygen atoms in total. The van der Waals surface area contributed by atoms with Gasteiger partial charge in [-0.1, -0.05) is 0 Å². The van der Waals surface area contributed by atoms with Gasteiger partial charge in [0, 0.05) is 14.1 Å². The summed E-state index contributed by atoms with van der Waals surface area (Å²) in [5, 5.41) is 5.87. The molecule has 15 heavy (non-hydrogen) atoms. The average molecular weight is 208 g/mol. The maximum atomic E-state index is 5.18. The van der Waals surface area contributed by atoms with Gasteiger partial charge in [-0.3, -0.25) is 0 Å². The summed E-state index contributed by atoms with van der Waals surface area (Å²) in [7, 11) is 6.98. The number of benzene rings is 1. The lowest BCUT2D eigenvalue weighted by Gasteiger charge is -2.08. The fraction of sp³-hybridized carbons (Fsp3) is 0.364. The Morgan fingerprint density at radius 1 is 1.13 bits per heavy atom. The maximum Gasteiger partial charge on any atom is 0.161 e. The van der Waals surface area contributed by atoms with Crippen molar-refractivity contribution in [2.45, 2.75) is 0 Å². The minimum Gasteiger partial charge on any atom is -0.493 e. The van der Waals surface area contributed by atoms with E-state index in [1.165, 1.54) is 0 Å². The third-order valence-electron chi connectivity index (χ3n) is 1.85. The molecule has 0 aliphatic carbocycles. The van der Waals surface area contributed by atoms with E-state index < -0.39 is 0 Å². The van der Waals surface area contributed by atoms with Crippen molar-refractivity contribution in [2.24, 2.45) is 5.10 Å². The Bertz CT molecular complexity index is 348. The van der Waals surface area contributed by atoms with Crippen molar-refractivity contribution in [3.63, 3.8) is 0 Å². The molecule has 0 radical (unpaired) electrons. The van der Waals surface area contributed by atoms with Gasteiger partial charge < -0.3 is 14.5 Å². The Morgan fingerprint density at radius 2 is 1.80 bits per heavy atom. The standard InChI is InChI=1S/C11H16N2O2/c1-13(2)12-8-9-5-6-10(14-3)11(7-9)15-4/h5-8H,1-4H3/b12-8+. The van der Waals surface area contributed by atoms with Crippen LogP contribution in [0.2, 0.25) is 0 Å². The molecule has 0 N–H and O–H groups in total. The first-order valence-electron chi connectivity index (χ1n) is 4.60. The lowest BCUT2D eigenvalue weighted by Crippen LogP contribution is -2.02. The third-order valence-corrected chi connectivity index (χ3v) is 1.85. The molecule has 0 heterocycles. The molecule has 82 valence electrons. The molecular formula is C11H16N2O2. The number of methoxy groups -OCH3 is 2. The first-order chi connectivity index (χ1) is 7.17. The monoisotopic (exact) mass is 208 g/mol. The second kappa shape index (κ2) is 5.24. The highest BCUT2D eigenvalue weighted by molar-refractivity contribution is 5.80. The average Bonchev–Trinajstić information content (AvgIpc) is 2.25. The van der Waals surface area contributed by atoms with Gasteiger partial charge in [0.15, 0.2) is 11.5 Å². The molecule has 0 amide bonds. The Hall–Kier alpha value is -1.71. The van der Waals surface area contributed by atoms with Gasteiger partial charge in [-0.05, 0) is 23.8 Å². The van der Waals surface area contributed by atoms with E-state index in [0.29, 0.717) is 5.75 Å². The molecule has 1 aromatic rings. The fourth-order valence-electron chi connectivity index (χ4n) is 1.12. The van der Waals surface area contributed by atoms with Gasteiger partial charge in [0.1, 0.15) is 0 Å². The van der Waals surface area contributed by atoms with Gasteiger partial charge in [0.2, 0.25) is 0 Å². The summed E-state index contributed by atoms with van der Waals surface area (Å²) in [5.41, 5.74) is 0.973. The van der Waals surface area contributed by atoms with Crippen LogP contribution in [0, 0.1) is 0 Å². The number of nitrogens with zero attached hydrogens (tertiary/aromatic N) is 2. The highest BCUT2D eigenvalue weighted by Crippen LogP contribution is 2.26. The molecule has 0 atom stereocenters. The van der Waals surface area contributed by atoms with Crippen molar-refractivity contribution >= 4 is 6.21 Å². The second-order valence-electron chi connectivity index (χ2n) is 3.21. The first-order valence-corrected chi connectivity index (χ1v) is 4.60. The smallest absolute Gasteiger partial charge is 0.161 e. The zero-order valence-corrected chi connectivity index (χ0v) is 9.52. The molecule has 0 unspecified atom stereocenters. The number of hydrogen-bond donors (Lipinski definition) is 0. The summed E-state index contributed by atoms with van der Waals surface area (Å²) in [6, 6.07) is 5.66. The maximum absolute atomic E-state index is 5.18. The van der Waals surface area contributed by atoms with E-state index >= 15 is 0 Å². The van der Waals surface area contributed by atoms with Crippen LogP contribution in [-0.2, 0) is 0 Å². The van der Waals surface area contributed by atoms with Crippen LogP contribution in [0.4, 0.5) is 0 Å². The molecule has 0 saturated heterocycles. The molecule has 0 aliphatic heterocycles. The fourth-order valence-corrected chi connectivity index (χ4v) is 1.12. The van der Waals surface area contributed by atoms with E-state index in [4.69, 9.17) is 9.47 Å². The second-order valence-corrected chi connectivity index (χ2v) is 3.21. The Kier molecular flexibility index (Phi) is 3.97. The van der Waals surface area contributed by atoms with Crippen molar-refractivity contribution in [1.82, 2.24) is 5.01 Å². The zero-order valence-electron chi connectivity index (χ0n) is 9.52. The summed E-state index contributed by atoms with van der Waals surface area (Å²) < 4.78 is 10.3. The molecule has 0 aliphatic rings. The highest BCUT2D eigenvalue weighted by Gasteiger charge is 2.02. The van der Waals surface area contributed by atoms with Crippen LogP contribution in [0.5, 0.6) is 11.5 Å². The van der Waals surface area contributed by atoms with Crippen LogP contribution in [0.1, 0.15) is 5.56 Å². The van der Waals surface area contributed by atoms with E-state index in [-0.39, 0.29) is 0 Å². The van der Waals surface area contributed by atoms with Gasteiger partial charge in [-0.25, -0.2) is 0 Å². The van der Waals surface area contributed by atoms with Gasteiger partial charge in [-0.2, -0.15) is 5.10 Å². The summed E-state index contributed by atoms with van der Waals surface area (Å²) in [5.74, 6) is 1.43. The minimum absolute atomic E-state index is 0.709. The molecule has 0 bridgehead atoms. The van der Waals surface area contributed by atoms with Gasteiger partial charge >= 0.3 is 0 Å². The largest absolute Gasteiger partial charge is 0.493 e. The number of rotatable bonds is 4. The van der Waals surface area contributed by atoms with Crippen LogP contribution in [0.15, 0.2) is 23.3 Å². The zero-order chi connectivity index (χ0) is 11.3. The normalized spacial score (nSPS) is 10.4. The quantitative estimate of drug-likeness (QED) is 0.556. The van der Waals surface area contributed by atoms with Gasteiger partial charge in [-0.15, -0.1) is 0 Å². The lowest BCUT2D eigenvalue weighted by atomic mass is 10.2. The predicted octanol–water partition coefficient (Wildman–Crippen LogP) is 1.60. The molecule has 1 aromatic carbocycles. The van der Waals surface area contributed by atoms with Crippen molar-refractivity contribution in [1.29, 1.82) is 0 Å². The van der Waals surface area contributed by atoms with E-state index in [0.717, 1.165) is 11.3 Å². The van der Waals surface area contributed by atoms with Crippen molar-refractivity contribution in [3.8, 4) is 11.5 Å². The van der Waals surface area contributed by atoms with E-state index in [1.54, 1.807) is 25.4 Å². The molecule has 0 fully saturated rings. The van der Waals surface area contributed by atoms with Crippen LogP contribution in [0.3, 0.4) is 0 Å². The molecule has 4 heteroatoms. The summed E-state index contributed by atoms with van der Waals surface area (Å²) >= 11 is 0. The summed E-state index contributed by atoms with van der Waals surface area (Å²) in [6.45, 7) is 0. The van der Waals surface area contributed by atoms with Crippen molar-refractivity contribution < 1.29 is 9.47 Å². The van der Waals surface area contributed by atoms with Crippen molar-refractivity contribution in [3.05, 3.63) is 23.8 Å². The summed E-state index contributed by atoms with van der Waals surface area (Å²) in [6.07, 6.45) is 1.77. The summed E-state index contributed by atoms with van der Waals surface area (Å²) in [4.78, 5) is 0. The SMILES string of the molecule is COc1ccc(/C=N/N(C)C)cc1OC. The van der Waals surface area contributed by atoms with Gasteiger partial charge in [0.05, 0.1) is 20.4 Å². The molecule has 0 spiro atoms. The number of hydrogen-bond acceptors (Lipinski definition) is 4. The van der Waals surface area contributed by atoms with Crippen LogP contribution in [-0.4, -0.2) is 39.5 Å². The number of hydrazone groups is 1. The lowest BCUT2D eigenvalue weighted by molar-refractivity contribution is 0.355. The Labute approximate surface area is 90.1 Å². The molecular weight excluding hydrogens is 192 g/mol. The predicted molar refractivity (Wildman–Crippen MR) is 60.8 cm³/mol. The third kappa shape index (κ3) is 3.16. The minimum atomic E-state index is 0.709. The van der Waals surface area contributed by atoms with Gasteiger partial charge in [0.25, 0.3) is 0 Å². The van der Waals surface area contributed by atoms with Crippen LogP contribution >= 0.6 is 0 Å². The van der Waals surface area contributed by atoms with E-state index in [1.807, 2.05) is 32.3 Å². The van der Waals surface area contributed by atoms with Crippen molar-refractivity contribution in [2.75, 3.05) is 28.3 Å². The first kappa shape index (κ1) is 11.4. The Balaban J connectivity index is 2.93. The Morgan fingerprint density at radius 3 is 2.33 bits per heavy atom. The molecule has 0 saturated carbocycles. The number of ether oxygens (including phenoxy) is 2. The highest BCUT2D eigenvalue weighted by atomic mass is 16.5.